The van der Waals surface area contributed by atoms with E-state index in [0.29, 0.717) is 46.5 Å². The van der Waals surface area contributed by atoms with Gasteiger partial charge in [-0.25, -0.2) is 19.4 Å². The second kappa shape index (κ2) is 8.60. The summed E-state index contributed by atoms with van der Waals surface area (Å²) < 4.78 is 8.53. The Kier molecular flexibility index (Phi) is 5.46. The standard InChI is InChI=1S/C22H19ClN8O3/c1-3-31-20-14(9-27-31)18-13(8-25-20)21(30-10-16(22(32)33)26-11-30)29-28-19(18)24-7-12-4-5-17(34-2)15(23)6-12/h4-6,8-11H,3,7H2,1-2H3,(H,24,28)(H,32,33). The van der Waals surface area contributed by atoms with Gasteiger partial charge in [0.05, 0.1) is 23.7 Å². The van der Waals surface area contributed by atoms with Gasteiger partial charge in [0.2, 0.25) is 0 Å². The number of carbonyl (C=O) groups is 1. The molecule has 0 saturated heterocycles. The van der Waals surface area contributed by atoms with Gasteiger partial charge in [0.25, 0.3) is 0 Å². The lowest BCUT2D eigenvalue weighted by Gasteiger charge is -2.13. The zero-order valence-electron chi connectivity index (χ0n) is 18.2. The van der Waals surface area contributed by atoms with Crippen LogP contribution < -0.4 is 10.1 Å². The summed E-state index contributed by atoms with van der Waals surface area (Å²) in [6.07, 6.45) is 6.20. The van der Waals surface area contributed by atoms with E-state index in [-0.39, 0.29) is 5.69 Å². The summed E-state index contributed by atoms with van der Waals surface area (Å²) in [5.74, 6) is 0.414. The number of methoxy groups -OCH3 is 1. The molecule has 4 aromatic heterocycles. The molecule has 0 saturated carbocycles. The fourth-order valence-corrected chi connectivity index (χ4v) is 4.03. The number of hydrogen-bond donors (Lipinski definition) is 2. The second-order valence-electron chi connectivity index (χ2n) is 7.41. The molecule has 0 amide bonds. The first-order chi connectivity index (χ1) is 16.5. The number of aryl methyl sites for hydroxylation is 1. The number of aromatic nitrogens is 7. The molecule has 11 nitrogen and oxygen atoms in total. The maximum absolute atomic E-state index is 11.3. The van der Waals surface area contributed by atoms with Crippen molar-refractivity contribution in [2.45, 2.75) is 20.0 Å². The number of aromatic carboxylic acids is 1. The van der Waals surface area contributed by atoms with E-state index in [1.807, 2.05) is 19.1 Å². The number of halogens is 1. The number of pyridine rings is 1. The highest BCUT2D eigenvalue weighted by Crippen LogP contribution is 2.32. The Morgan fingerprint density at radius 1 is 1.21 bits per heavy atom. The van der Waals surface area contributed by atoms with Crippen LogP contribution in [-0.4, -0.2) is 52.7 Å². The van der Waals surface area contributed by atoms with Crippen LogP contribution in [0.15, 0.2) is 43.1 Å². The molecule has 0 radical (unpaired) electrons. The zero-order chi connectivity index (χ0) is 23.8. The lowest BCUT2D eigenvalue weighted by atomic mass is 10.1. The normalized spacial score (nSPS) is 11.3. The second-order valence-corrected chi connectivity index (χ2v) is 7.82. The fraction of sp³-hybridized carbons (Fsp3) is 0.182. The zero-order valence-corrected chi connectivity index (χ0v) is 19.0. The summed E-state index contributed by atoms with van der Waals surface area (Å²) in [6, 6.07) is 5.54. The third-order valence-corrected chi connectivity index (χ3v) is 5.71. The van der Waals surface area contributed by atoms with Crippen LogP contribution in [0.4, 0.5) is 5.82 Å². The van der Waals surface area contributed by atoms with Crippen LogP contribution >= 0.6 is 11.6 Å². The molecule has 12 heteroatoms. The molecule has 5 aromatic rings. The van der Waals surface area contributed by atoms with Gasteiger partial charge in [0.15, 0.2) is 23.0 Å². The third kappa shape index (κ3) is 3.65. The summed E-state index contributed by atoms with van der Waals surface area (Å²) in [4.78, 5) is 19.8. The predicted octanol–water partition coefficient (Wildman–Crippen LogP) is 3.55. The summed E-state index contributed by atoms with van der Waals surface area (Å²) in [6.45, 7) is 3.08. The van der Waals surface area contributed by atoms with Crippen LogP contribution in [0.1, 0.15) is 23.0 Å². The van der Waals surface area contributed by atoms with Crippen molar-refractivity contribution in [3.63, 3.8) is 0 Å². The minimum absolute atomic E-state index is 0.0959. The molecule has 4 heterocycles. The quantitative estimate of drug-likeness (QED) is 0.360. The SMILES string of the molecule is CCn1ncc2c3c(NCc4ccc(OC)c(Cl)c4)nnc(-n4cnc(C(=O)O)c4)c3cnc21. The van der Waals surface area contributed by atoms with Crippen molar-refractivity contribution in [2.75, 3.05) is 12.4 Å². The number of carboxylic acids is 1. The lowest BCUT2D eigenvalue weighted by molar-refractivity contribution is 0.0691. The number of imidazole rings is 1. The number of hydrogen-bond acceptors (Lipinski definition) is 8. The van der Waals surface area contributed by atoms with Crippen molar-refractivity contribution in [1.29, 1.82) is 0 Å². The molecule has 0 atom stereocenters. The first kappa shape index (κ1) is 21.6. The van der Waals surface area contributed by atoms with Gasteiger partial charge in [0, 0.05) is 36.3 Å². The molecule has 0 aliphatic rings. The maximum atomic E-state index is 11.3. The maximum Gasteiger partial charge on any atom is 0.356 e. The molecule has 0 fully saturated rings. The average Bonchev–Trinajstić information content (AvgIpc) is 3.50. The monoisotopic (exact) mass is 478 g/mol. The highest BCUT2D eigenvalue weighted by Gasteiger charge is 2.18. The van der Waals surface area contributed by atoms with Gasteiger partial charge in [-0.1, -0.05) is 17.7 Å². The first-order valence-electron chi connectivity index (χ1n) is 10.3. The Labute approximate surface area is 198 Å². The number of benzene rings is 1. The lowest BCUT2D eigenvalue weighted by Crippen LogP contribution is -2.07. The highest BCUT2D eigenvalue weighted by atomic mass is 35.5. The molecule has 34 heavy (non-hydrogen) atoms. The molecule has 1 aromatic carbocycles. The van der Waals surface area contributed by atoms with Crippen LogP contribution in [0.2, 0.25) is 5.02 Å². The Balaban J connectivity index is 1.63. The molecule has 0 unspecified atom stereocenters. The summed E-state index contributed by atoms with van der Waals surface area (Å²) >= 11 is 6.27. The van der Waals surface area contributed by atoms with Gasteiger partial charge < -0.3 is 15.2 Å². The van der Waals surface area contributed by atoms with E-state index >= 15 is 0 Å². The van der Waals surface area contributed by atoms with Gasteiger partial charge in [0.1, 0.15) is 12.1 Å². The number of anilines is 1. The van der Waals surface area contributed by atoms with Gasteiger partial charge in [-0.2, -0.15) is 5.10 Å². The average molecular weight is 479 g/mol. The van der Waals surface area contributed by atoms with Gasteiger partial charge in [-0.3, -0.25) is 4.57 Å². The number of rotatable bonds is 7. The topological polar surface area (TPSA) is 133 Å². The summed E-state index contributed by atoms with van der Waals surface area (Å²) in [5.41, 5.74) is 1.54. The third-order valence-electron chi connectivity index (χ3n) is 5.41. The molecule has 0 spiro atoms. The number of fused-ring (bicyclic) bond motifs is 3. The molecule has 5 rings (SSSR count). The van der Waals surface area contributed by atoms with Crippen molar-refractivity contribution in [2.24, 2.45) is 0 Å². The molecule has 0 aliphatic carbocycles. The van der Waals surface area contributed by atoms with Crippen molar-refractivity contribution >= 4 is 45.2 Å². The molecular weight excluding hydrogens is 460 g/mol. The molecule has 0 bridgehead atoms. The molecule has 0 aliphatic heterocycles. The Morgan fingerprint density at radius 3 is 2.76 bits per heavy atom. The van der Waals surface area contributed by atoms with Crippen LogP contribution in [-0.2, 0) is 13.1 Å². The van der Waals surface area contributed by atoms with Crippen LogP contribution in [0.25, 0.3) is 27.6 Å². The van der Waals surface area contributed by atoms with Crippen molar-refractivity contribution in [3.8, 4) is 11.6 Å². The van der Waals surface area contributed by atoms with E-state index in [2.05, 4.69) is 30.6 Å². The summed E-state index contributed by atoms with van der Waals surface area (Å²) in [5, 5.41) is 28.5. The van der Waals surface area contributed by atoms with Gasteiger partial charge in [-0.05, 0) is 24.6 Å². The van der Waals surface area contributed by atoms with E-state index < -0.39 is 5.97 Å². The predicted molar refractivity (Wildman–Crippen MR) is 126 cm³/mol. The van der Waals surface area contributed by atoms with Crippen LogP contribution in [0.5, 0.6) is 5.75 Å². The van der Waals surface area contributed by atoms with Gasteiger partial charge in [-0.15, -0.1) is 10.2 Å². The van der Waals surface area contributed by atoms with Crippen LogP contribution in [0.3, 0.4) is 0 Å². The van der Waals surface area contributed by atoms with E-state index in [0.717, 1.165) is 16.3 Å². The first-order valence-corrected chi connectivity index (χ1v) is 10.7. The molecule has 172 valence electrons. The van der Waals surface area contributed by atoms with Crippen molar-refractivity contribution in [1.82, 2.24) is 34.5 Å². The minimum Gasteiger partial charge on any atom is -0.495 e. The van der Waals surface area contributed by atoms with Crippen molar-refractivity contribution < 1.29 is 14.6 Å². The highest BCUT2D eigenvalue weighted by molar-refractivity contribution is 6.32. The molecular formula is C22H19ClN8O3. The largest absolute Gasteiger partial charge is 0.495 e. The number of nitrogens with one attached hydrogen (secondary N) is 1. The van der Waals surface area contributed by atoms with E-state index in [1.54, 1.807) is 30.3 Å². The Hall–Kier alpha value is -4.25. The van der Waals surface area contributed by atoms with Crippen LogP contribution in [0, 0.1) is 0 Å². The Bertz CT molecular complexity index is 1540. The Morgan fingerprint density at radius 2 is 2.06 bits per heavy atom. The minimum atomic E-state index is -1.13. The number of nitrogens with zero attached hydrogens (tertiary/aromatic N) is 7. The fourth-order valence-electron chi connectivity index (χ4n) is 3.75. The smallest absolute Gasteiger partial charge is 0.356 e. The molecule has 2 N–H and O–H groups in total. The van der Waals surface area contributed by atoms with E-state index in [9.17, 15) is 9.90 Å². The van der Waals surface area contributed by atoms with E-state index in [4.69, 9.17) is 16.3 Å². The van der Waals surface area contributed by atoms with Gasteiger partial charge >= 0.3 is 5.97 Å². The number of carboxylic acid groups (broad SMARTS) is 1. The summed E-state index contributed by atoms with van der Waals surface area (Å²) in [7, 11) is 1.57. The number of ether oxygens (including phenoxy) is 1. The van der Waals surface area contributed by atoms with E-state index in [1.165, 1.54) is 17.1 Å². The van der Waals surface area contributed by atoms with Crippen molar-refractivity contribution in [3.05, 3.63) is 59.4 Å².